The molecule has 0 N–H and O–H groups in total. The first-order valence-corrected chi connectivity index (χ1v) is 9.26. The Morgan fingerprint density at radius 3 is 2.64 bits per heavy atom. The van der Waals surface area contributed by atoms with Gasteiger partial charge in [-0.15, -0.1) is 0 Å². The van der Waals surface area contributed by atoms with Crippen molar-refractivity contribution in [2.45, 2.75) is 13.5 Å². The Hall–Kier alpha value is -2.96. The van der Waals surface area contributed by atoms with Gasteiger partial charge in [-0.2, -0.15) is 14.9 Å². The molecule has 2 aromatic carbocycles. The van der Waals surface area contributed by atoms with Crippen LogP contribution < -0.4 is 5.56 Å². The highest BCUT2D eigenvalue weighted by molar-refractivity contribution is 6.32. The third-order valence-corrected chi connectivity index (χ3v) is 4.97. The van der Waals surface area contributed by atoms with Crippen molar-refractivity contribution in [3.05, 3.63) is 92.2 Å². The molecule has 140 valence electrons. The van der Waals surface area contributed by atoms with Crippen LogP contribution in [0.15, 0.2) is 64.8 Å². The summed E-state index contributed by atoms with van der Waals surface area (Å²) >= 11 is 12.4. The van der Waals surface area contributed by atoms with Crippen molar-refractivity contribution >= 4 is 40.3 Å². The third-order valence-electron chi connectivity index (χ3n) is 4.31. The van der Waals surface area contributed by atoms with Crippen LogP contribution in [0.25, 0.3) is 10.9 Å². The zero-order valence-electron chi connectivity index (χ0n) is 14.9. The molecule has 4 aromatic rings. The molecule has 0 fully saturated rings. The molecule has 0 saturated heterocycles. The second-order valence-corrected chi connectivity index (χ2v) is 7.02. The molecule has 0 aliphatic carbocycles. The summed E-state index contributed by atoms with van der Waals surface area (Å²) in [5.41, 5.74) is 2.76. The zero-order valence-corrected chi connectivity index (χ0v) is 16.4. The molecule has 0 aliphatic heterocycles. The summed E-state index contributed by atoms with van der Waals surface area (Å²) in [7, 11) is 0. The molecule has 0 saturated carbocycles. The van der Waals surface area contributed by atoms with E-state index in [1.165, 1.54) is 17.2 Å². The number of fused-ring (bicyclic) bond motifs is 1. The van der Waals surface area contributed by atoms with E-state index in [1.807, 2.05) is 37.3 Å². The molecule has 28 heavy (non-hydrogen) atoms. The number of halogens is 2. The van der Waals surface area contributed by atoms with E-state index in [9.17, 15) is 4.79 Å². The van der Waals surface area contributed by atoms with E-state index in [4.69, 9.17) is 23.2 Å². The lowest BCUT2D eigenvalue weighted by Gasteiger charge is -2.04. The van der Waals surface area contributed by atoms with E-state index in [2.05, 4.69) is 15.2 Å². The van der Waals surface area contributed by atoms with Crippen LogP contribution in [0.5, 0.6) is 0 Å². The Morgan fingerprint density at radius 2 is 1.86 bits per heavy atom. The van der Waals surface area contributed by atoms with Gasteiger partial charge in [0, 0.05) is 5.02 Å². The van der Waals surface area contributed by atoms with Crippen LogP contribution in [0.3, 0.4) is 0 Å². The number of para-hydroxylation sites is 1. The number of benzene rings is 2. The topological polar surface area (TPSA) is 65.1 Å². The minimum Gasteiger partial charge on any atom is -0.267 e. The van der Waals surface area contributed by atoms with Crippen molar-refractivity contribution in [1.82, 2.24) is 19.4 Å². The van der Waals surface area contributed by atoms with Gasteiger partial charge in [0.25, 0.3) is 5.56 Å². The number of hydrogen-bond donors (Lipinski definition) is 0. The summed E-state index contributed by atoms with van der Waals surface area (Å²) in [4.78, 5) is 16.8. The number of nitrogens with zero attached hydrogens (tertiary/aromatic N) is 5. The number of rotatable bonds is 4. The van der Waals surface area contributed by atoms with E-state index in [0.717, 1.165) is 5.56 Å². The van der Waals surface area contributed by atoms with Gasteiger partial charge in [0.1, 0.15) is 11.5 Å². The second kappa shape index (κ2) is 7.58. The summed E-state index contributed by atoms with van der Waals surface area (Å²) < 4.78 is 2.87. The average molecular weight is 412 g/mol. The highest BCUT2D eigenvalue weighted by atomic mass is 35.5. The highest BCUT2D eigenvalue weighted by Crippen LogP contribution is 2.20. The maximum absolute atomic E-state index is 12.5. The molecule has 4 rings (SSSR count). The molecule has 2 heterocycles. The van der Waals surface area contributed by atoms with Gasteiger partial charge in [-0.3, -0.25) is 4.79 Å². The van der Waals surface area contributed by atoms with Crippen LogP contribution >= 0.6 is 23.2 Å². The van der Waals surface area contributed by atoms with E-state index in [-0.39, 0.29) is 5.56 Å². The standard InChI is InChI=1S/C20H15Cl2N5O/c1-13-17(19(22)26(25-13)11-14-6-8-15(21)9-7-14)10-24-27-12-23-18-5-3-2-4-16(18)20(27)28/h2-10,12H,11H2,1H3/b24-10+. The predicted octanol–water partition coefficient (Wildman–Crippen LogP) is 4.14. The number of hydrogen-bond acceptors (Lipinski definition) is 4. The Bertz CT molecular complexity index is 1240. The van der Waals surface area contributed by atoms with Gasteiger partial charge < -0.3 is 0 Å². The third kappa shape index (κ3) is 3.56. The van der Waals surface area contributed by atoms with E-state index < -0.39 is 0 Å². The van der Waals surface area contributed by atoms with Crippen molar-refractivity contribution in [3.63, 3.8) is 0 Å². The Labute approximate surface area is 170 Å². The van der Waals surface area contributed by atoms with Crippen LogP contribution in [-0.4, -0.2) is 25.7 Å². The van der Waals surface area contributed by atoms with Gasteiger partial charge >= 0.3 is 0 Å². The molecule has 6 nitrogen and oxygen atoms in total. The molecular weight excluding hydrogens is 397 g/mol. The molecule has 0 bridgehead atoms. The Morgan fingerprint density at radius 1 is 1.11 bits per heavy atom. The number of aromatic nitrogens is 4. The van der Waals surface area contributed by atoms with Gasteiger partial charge in [-0.1, -0.05) is 47.5 Å². The molecule has 0 radical (unpaired) electrons. The summed E-state index contributed by atoms with van der Waals surface area (Å²) in [5, 5.41) is 10.3. The van der Waals surface area contributed by atoms with Crippen molar-refractivity contribution in [2.24, 2.45) is 5.10 Å². The van der Waals surface area contributed by atoms with Gasteiger partial charge in [0.2, 0.25) is 0 Å². The van der Waals surface area contributed by atoms with Crippen molar-refractivity contribution in [3.8, 4) is 0 Å². The molecule has 8 heteroatoms. The fourth-order valence-electron chi connectivity index (χ4n) is 2.84. The minimum atomic E-state index is -0.246. The fourth-order valence-corrected chi connectivity index (χ4v) is 3.25. The highest BCUT2D eigenvalue weighted by Gasteiger charge is 2.12. The number of aryl methyl sites for hydroxylation is 1. The summed E-state index contributed by atoms with van der Waals surface area (Å²) in [6.45, 7) is 2.34. The van der Waals surface area contributed by atoms with Gasteiger partial charge in [-0.25, -0.2) is 9.67 Å². The SMILES string of the molecule is Cc1nn(Cc2ccc(Cl)cc2)c(Cl)c1/C=N/n1cnc2ccccc2c1=O. The van der Waals surface area contributed by atoms with Crippen molar-refractivity contribution in [2.75, 3.05) is 0 Å². The van der Waals surface area contributed by atoms with Crippen molar-refractivity contribution < 1.29 is 0 Å². The smallest absolute Gasteiger partial charge is 0.267 e. The molecule has 0 unspecified atom stereocenters. The largest absolute Gasteiger partial charge is 0.281 e. The summed E-state index contributed by atoms with van der Waals surface area (Å²) in [6.07, 6.45) is 2.92. The second-order valence-electron chi connectivity index (χ2n) is 6.23. The van der Waals surface area contributed by atoms with Gasteiger partial charge in [-0.05, 0) is 36.8 Å². The molecule has 0 aliphatic rings. The van der Waals surface area contributed by atoms with E-state index in [0.29, 0.717) is 38.9 Å². The molecule has 0 atom stereocenters. The van der Waals surface area contributed by atoms with Gasteiger partial charge in [0.05, 0.1) is 34.9 Å². The Kier molecular flexibility index (Phi) is 4.98. The summed E-state index contributed by atoms with van der Waals surface area (Å²) in [6, 6.07) is 14.6. The lowest BCUT2D eigenvalue weighted by molar-refractivity contribution is 0.680. The molecule has 0 amide bonds. The van der Waals surface area contributed by atoms with Crippen LogP contribution in [-0.2, 0) is 6.54 Å². The van der Waals surface area contributed by atoms with Crippen LogP contribution in [0.1, 0.15) is 16.8 Å². The minimum absolute atomic E-state index is 0.246. The lowest BCUT2D eigenvalue weighted by Crippen LogP contribution is -2.17. The first-order chi connectivity index (χ1) is 13.5. The fraction of sp³-hybridized carbons (Fsp3) is 0.100. The normalized spacial score (nSPS) is 11.5. The van der Waals surface area contributed by atoms with Crippen molar-refractivity contribution in [1.29, 1.82) is 0 Å². The molecular formula is C20H15Cl2N5O. The maximum Gasteiger partial charge on any atom is 0.281 e. The lowest BCUT2D eigenvalue weighted by atomic mass is 10.2. The van der Waals surface area contributed by atoms with Crippen LogP contribution in [0, 0.1) is 6.92 Å². The average Bonchev–Trinajstić information content (AvgIpc) is 2.96. The Balaban J connectivity index is 1.65. The quantitative estimate of drug-likeness (QED) is 0.474. The predicted molar refractivity (Wildman–Crippen MR) is 112 cm³/mol. The zero-order chi connectivity index (χ0) is 19.7. The summed E-state index contributed by atoms with van der Waals surface area (Å²) in [5.74, 6) is 0. The monoisotopic (exact) mass is 411 g/mol. The first kappa shape index (κ1) is 18.4. The van der Waals surface area contributed by atoms with Crippen LogP contribution in [0.2, 0.25) is 10.2 Å². The molecule has 0 spiro atoms. The van der Waals surface area contributed by atoms with E-state index in [1.54, 1.807) is 22.9 Å². The van der Waals surface area contributed by atoms with Crippen LogP contribution in [0.4, 0.5) is 0 Å². The van der Waals surface area contributed by atoms with Gasteiger partial charge in [0.15, 0.2) is 0 Å². The molecule has 2 aromatic heterocycles. The maximum atomic E-state index is 12.5. The van der Waals surface area contributed by atoms with E-state index >= 15 is 0 Å². The first-order valence-electron chi connectivity index (χ1n) is 8.51.